The van der Waals surface area contributed by atoms with E-state index in [4.69, 9.17) is 10.5 Å². The first kappa shape index (κ1) is 17.3. The molecule has 1 saturated heterocycles. The van der Waals surface area contributed by atoms with Crippen LogP contribution >= 0.6 is 0 Å². The third-order valence-corrected chi connectivity index (χ3v) is 5.60. The van der Waals surface area contributed by atoms with E-state index in [2.05, 4.69) is 26.0 Å². The lowest BCUT2D eigenvalue weighted by molar-refractivity contribution is -0.138. The van der Waals surface area contributed by atoms with Crippen LogP contribution in [-0.4, -0.2) is 36.0 Å². The zero-order valence-corrected chi connectivity index (χ0v) is 15.0. The van der Waals surface area contributed by atoms with Gasteiger partial charge in [0.15, 0.2) is 0 Å². The largest absolute Gasteiger partial charge is 0.490 e. The third-order valence-electron chi connectivity index (χ3n) is 5.60. The highest BCUT2D eigenvalue weighted by Gasteiger charge is 2.31. The number of aryl methyl sites for hydroxylation is 2. The fourth-order valence-corrected chi connectivity index (χ4v) is 3.88. The van der Waals surface area contributed by atoms with Gasteiger partial charge in [0.25, 0.3) is 0 Å². The summed E-state index contributed by atoms with van der Waals surface area (Å²) in [6, 6.07) is 6.47. The molecule has 132 valence electrons. The van der Waals surface area contributed by atoms with Crippen molar-refractivity contribution in [3.8, 4) is 5.75 Å². The molecule has 2 aliphatic rings. The van der Waals surface area contributed by atoms with E-state index < -0.39 is 0 Å². The van der Waals surface area contributed by atoms with Crippen molar-refractivity contribution in [3.63, 3.8) is 0 Å². The minimum atomic E-state index is 0.144. The van der Waals surface area contributed by atoms with E-state index in [1.807, 2.05) is 11.0 Å². The molecule has 0 aromatic heterocycles. The average molecular weight is 330 g/mol. The predicted molar refractivity (Wildman–Crippen MR) is 96.1 cm³/mol. The third kappa shape index (κ3) is 4.10. The summed E-state index contributed by atoms with van der Waals surface area (Å²) < 4.78 is 6.12. The Labute approximate surface area is 145 Å². The minimum Gasteiger partial charge on any atom is -0.490 e. The van der Waals surface area contributed by atoms with Gasteiger partial charge in [-0.3, -0.25) is 4.79 Å². The van der Waals surface area contributed by atoms with Crippen LogP contribution in [0.4, 0.5) is 0 Å². The Morgan fingerprint density at radius 2 is 1.88 bits per heavy atom. The van der Waals surface area contributed by atoms with Crippen LogP contribution in [0.5, 0.6) is 5.75 Å². The van der Waals surface area contributed by atoms with Gasteiger partial charge in [0.2, 0.25) is 5.91 Å². The molecule has 3 rings (SSSR count). The number of ether oxygens (including phenoxy) is 1. The second-order valence-electron chi connectivity index (χ2n) is 7.51. The fraction of sp³-hybridized carbons (Fsp3) is 0.650. The second kappa shape index (κ2) is 7.56. The first-order valence-corrected chi connectivity index (χ1v) is 9.31. The number of carbonyl (C=O) groups excluding carboxylic acids is 1. The molecule has 2 atom stereocenters. The Bertz CT molecular complexity index is 579. The molecular weight excluding hydrogens is 300 g/mol. The molecule has 0 unspecified atom stereocenters. The van der Waals surface area contributed by atoms with Crippen molar-refractivity contribution >= 4 is 5.91 Å². The molecule has 2 N–H and O–H groups in total. The maximum absolute atomic E-state index is 12.7. The number of hydrogen-bond acceptors (Lipinski definition) is 3. The Hall–Kier alpha value is -1.55. The van der Waals surface area contributed by atoms with Crippen LogP contribution < -0.4 is 10.5 Å². The van der Waals surface area contributed by atoms with E-state index in [1.165, 1.54) is 11.1 Å². The highest BCUT2D eigenvalue weighted by molar-refractivity contribution is 5.79. The maximum Gasteiger partial charge on any atom is 0.225 e. The molecule has 24 heavy (non-hydrogen) atoms. The van der Waals surface area contributed by atoms with Gasteiger partial charge < -0.3 is 15.4 Å². The SMILES string of the molecule is Cc1ccc(OC2CCN(C(=O)[C@@H]3CCC[C@@H](N)C3)CC2)cc1C. The number of nitrogens with zero attached hydrogens (tertiary/aromatic N) is 1. The molecule has 4 heteroatoms. The van der Waals surface area contributed by atoms with Gasteiger partial charge in [0.1, 0.15) is 11.9 Å². The molecule has 0 spiro atoms. The number of amides is 1. The van der Waals surface area contributed by atoms with Crippen LogP contribution in [0, 0.1) is 19.8 Å². The van der Waals surface area contributed by atoms with Crippen LogP contribution in [0.1, 0.15) is 49.7 Å². The summed E-state index contributed by atoms with van der Waals surface area (Å²) in [4.78, 5) is 14.7. The van der Waals surface area contributed by atoms with E-state index >= 15 is 0 Å². The Balaban J connectivity index is 1.50. The molecule has 1 aliphatic carbocycles. The number of piperidine rings is 1. The first-order valence-electron chi connectivity index (χ1n) is 9.31. The number of hydrogen-bond donors (Lipinski definition) is 1. The molecule has 4 nitrogen and oxygen atoms in total. The average Bonchev–Trinajstić information content (AvgIpc) is 2.58. The van der Waals surface area contributed by atoms with Gasteiger partial charge in [-0.15, -0.1) is 0 Å². The maximum atomic E-state index is 12.7. The predicted octanol–water partition coefficient (Wildman–Crippen LogP) is 3.19. The summed E-state index contributed by atoms with van der Waals surface area (Å²) in [5.74, 6) is 1.40. The van der Waals surface area contributed by atoms with Crippen molar-refractivity contribution in [1.82, 2.24) is 4.90 Å². The number of nitrogens with two attached hydrogens (primary N) is 1. The van der Waals surface area contributed by atoms with Gasteiger partial charge >= 0.3 is 0 Å². The summed E-state index contributed by atoms with van der Waals surface area (Å²) in [5, 5.41) is 0. The van der Waals surface area contributed by atoms with Crippen molar-refractivity contribution in [2.24, 2.45) is 11.7 Å². The highest BCUT2D eigenvalue weighted by Crippen LogP contribution is 2.27. The molecule has 2 fully saturated rings. The molecule has 1 aromatic rings. The second-order valence-corrected chi connectivity index (χ2v) is 7.51. The van der Waals surface area contributed by atoms with E-state index in [0.29, 0.717) is 5.91 Å². The zero-order valence-electron chi connectivity index (χ0n) is 15.0. The van der Waals surface area contributed by atoms with Crippen LogP contribution in [-0.2, 0) is 4.79 Å². The topological polar surface area (TPSA) is 55.6 Å². The highest BCUT2D eigenvalue weighted by atomic mass is 16.5. The minimum absolute atomic E-state index is 0.144. The zero-order chi connectivity index (χ0) is 17.1. The number of rotatable bonds is 3. The lowest BCUT2D eigenvalue weighted by atomic mass is 9.85. The Morgan fingerprint density at radius 1 is 1.12 bits per heavy atom. The normalized spacial score (nSPS) is 25.5. The molecule has 0 bridgehead atoms. The van der Waals surface area contributed by atoms with Gasteiger partial charge in [-0.2, -0.15) is 0 Å². The molecule has 1 saturated carbocycles. The summed E-state index contributed by atoms with van der Waals surface area (Å²) in [6.45, 7) is 5.83. The Kier molecular flexibility index (Phi) is 5.44. The van der Waals surface area contributed by atoms with Crippen LogP contribution in [0.3, 0.4) is 0 Å². The van der Waals surface area contributed by atoms with Gasteiger partial charge in [-0.05, 0) is 56.4 Å². The standard InChI is InChI=1S/C20H30N2O2/c1-14-6-7-19(12-15(14)2)24-18-8-10-22(11-9-18)20(23)16-4-3-5-17(21)13-16/h6-7,12,16-18H,3-5,8-11,13,21H2,1-2H3/t16-,17-/m1/s1. The lowest BCUT2D eigenvalue weighted by Crippen LogP contribution is -2.46. The molecule has 1 amide bonds. The lowest BCUT2D eigenvalue weighted by Gasteiger charge is -2.36. The van der Waals surface area contributed by atoms with Crippen molar-refractivity contribution < 1.29 is 9.53 Å². The van der Waals surface area contributed by atoms with E-state index in [0.717, 1.165) is 57.4 Å². The van der Waals surface area contributed by atoms with Crippen LogP contribution in [0.25, 0.3) is 0 Å². The van der Waals surface area contributed by atoms with Crippen molar-refractivity contribution in [3.05, 3.63) is 29.3 Å². The molecule has 1 aliphatic heterocycles. The van der Waals surface area contributed by atoms with Gasteiger partial charge in [-0.1, -0.05) is 12.5 Å². The van der Waals surface area contributed by atoms with E-state index in [1.54, 1.807) is 0 Å². The first-order chi connectivity index (χ1) is 11.5. The molecule has 1 heterocycles. The van der Waals surface area contributed by atoms with E-state index in [-0.39, 0.29) is 18.1 Å². The van der Waals surface area contributed by atoms with Crippen molar-refractivity contribution in [2.45, 2.75) is 64.5 Å². The van der Waals surface area contributed by atoms with Gasteiger partial charge in [-0.25, -0.2) is 0 Å². The van der Waals surface area contributed by atoms with Crippen LogP contribution in [0.2, 0.25) is 0 Å². The summed E-state index contributed by atoms with van der Waals surface area (Å²) >= 11 is 0. The number of benzene rings is 1. The van der Waals surface area contributed by atoms with Crippen LogP contribution in [0.15, 0.2) is 18.2 Å². The fourth-order valence-electron chi connectivity index (χ4n) is 3.88. The smallest absolute Gasteiger partial charge is 0.225 e. The monoisotopic (exact) mass is 330 g/mol. The van der Waals surface area contributed by atoms with Crippen molar-refractivity contribution in [1.29, 1.82) is 0 Å². The molecule has 0 radical (unpaired) electrons. The van der Waals surface area contributed by atoms with Gasteiger partial charge in [0.05, 0.1) is 0 Å². The Morgan fingerprint density at radius 3 is 2.54 bits per heavy atom. The summed E-state index contributed by atoms with van der Waals surface area (Å²) in [5.41, 5.74) is 8.58. The molecule has 1 aromatic carbocycles. The molecular formula is C20H30N2O2. The quantitative estimate of drug-likeness (QED) is 0.926. The van der Waals surface area contributed by atoms with Crippen molar-refractivity contribution in [2.75, 3.05) is 13.1 Å². The number of likely N-dealkylation sites (tertiary alicyclic amines) is 1. The van der Waals surface area contributed by atoms with Gasteiger partial charge in [0, 0.05) is 37.9 Å². The van der Waals surface area contributed by atoms with E-state index in [9.17, 15) is 4.79 Å². The summed E-state index contributed by atoms with van der Waals surface area (Å²) in [6.07, 6.45) is 6.06. The summed E-state index contributed by atoms with van der Waals surface area (Å²) in [7, 11) is 0. The number of carbonyl (C=O) groups is 1.